The van der Waals surface area contributed by atoms with Gasteiger partial charge in [0.1, 0.15) is 11.5 Å². The molecule has 1 heterocycles. The average molecular weight is 299 g/mol. The van der Waals surface area contributed by atoms with Gasteiger partial charge >= 0.3 is 5.97 Å². The van der Waals surface area contributed by atoms with Crippen molar-refractivity contribution in [3.63, 3.8) is 0 Å². The second kappa shape index (κ2) is 7.26. The molecule has 0 fully saturated rings. The van der Waals surface area contributed by atoms with Crippen LogP contribution in [-0.2, 0) is 14.3 Å². The molecule has 1 aromatic carbocycles. The molecule has 5 heteroatoms. The van der Waals surface area contributed by atoms with Gasteiger partial charge in [0.05, 0.1) is 0 Å². The molecule has 22 heavy (non-hydrogen) atoms. The molecule has 0 aliphatic rings. The molecule has 0 saturated heterocycles. The predicted molar refractivity (Wildman–Crippen MR) is 83.1 cm³/mol. The highest BCUT2D eigenvalue weighted by Crippen LogP contribution is 2.09. The standard InChI is InChI=1S/C17H17NO4/c1-12-8-9-15(21-12)10-11-16(19)22-13(2)17(20)18-14-6-4-3-5-7-14/h3-11,13H,1-2H3,(H,18,20)/b11-10+. The lowest BCUT2D eigenvalue weighted by molar-refractivity contribution is -0.148. The molecule has 0 saturated carbocycles. The number of hydrogen-bond donors (Lipinski definition) is 1. The van der Waals surface area contributed by atoms with Gasteiger partial charge in [-0.05, 0) is 44.2 Å². The summed E-state index contributed by atoms with van der Waals surface area (Å²) in [5, 5.41) is 2.67. The van der Waals surface area contributed by atoms with Crippen molar-refractivity contribution >= 4 is 23.6 Å². The van der Waals surface area contributed by atoms with Gasteiger partial charge in [0.2, 0.25) is 0 Å². The van der Waals surface area contributed by atoms with Gasteiger partial charge in [0, 0.05) is 11.8 Å². The number of para-hydroxylation sites is 1. The van der Waals surface area contributed by atoms with E-state index in [4.69, 9.17) is 9.15 Å². The molecule has 0 radical (unpaired) electrons. The quantitative estimate of drug-likeness (QED) is 0.680. The highest BCUT2D eigenvalue weighted by molar-refractivity contribution is 5.96. The Balaban J connectivity index is 1.85. The second-order valence-electron chi connectivity index (χ2n) is 4.72. The predicted octanol–water partition coefficient (Wildman–Crippen LogP) is 3.17. The van der Waals surface area contributed by atoms with Crippen LogP contribution in [0.5, 0.6) is 0 Å². The van der Waals surface area contributed by atoms with Crippen LogP contribution in [0.15, 0.2) is 53.0 Å². The summed E-state index contributed by atoms with van der Waals surface area (Å²) in [6.07, 6.45) is 1.83. The van der Waals surface area contributed by atoms with Crippen molar-refractivity contribution in [1.82, 2.24) is 0 Å². The number of amides is 1. The summed E-state index contributed by atoms with van der Waals surface area (Å²) in [6, 6.07) is 12.5. The SMILES string of the molecule is Cc1ccc(/C=C/C(=O)OC(C)C(=O)Nc2ccccc2)o1. The van der Waals surface area contributed by atoms with Crippen LogP contribution < -0.4 is 5.32 Å². The maximum absolute atomic E-state index is 11.9. The summed E-state index contributed by atoms with van der Waals surface area (Å²) in [4.78, 5) is 23.6. The number of nitrogens with one attached hydrogen (secondary N) is 1. The number of ether oxygens (including phenoxy) is 1. The largest absolute Gasteiger partial charge is 0.462 e. The van der Waals surface area contributed by atoms with Crippen molar-refractivity contribution in [2.24, 2.45) is 0 Å². The molecule has 1 atom stereocenters. The Hall–Kier alpha value is -2.82. The summed E-state index contributed by atoms with van der Waals surface area (Å²) in [7, 11) is 0. The highest BCUT2D eigenvalue weighted by atomic mass is 16.5. The molecule has 0 aliphatic carbocycles. The van der Waals surface area contributed by atoms with Gasteiger partial charge in [-0.15, -0.1) is 0 Å². The first-order chi connectivity index (χ1) is 10.5. The van der Waals surface area contributed by atoms with Crippen molar-refractivity contribution in [1.29, 1.82) is 0 Å². The van der Waals surface area contributed by atoms with E-state index >= 15 is 0 Å². The smallest absolute Gasteiger partial charge is 0.331 e. The third kappa shape index (κ3) is 4.63. The number of benzene rings is 1. The first-order valence-electron chi connectivity index (χ1n) is 6.85. The third-order valence-electron chi connectivity index (χ3n) is 2.85. The van der Waals surface area contributed by atoms with Crippen LogP contribution in [-0.4, -0.2) is 18.0 Å². The Morgan fingerprint density at radius 1 is 1.18 bits per heavy atom. The maximum Gasteiger partial charge on any atom is 0.331 e. The molecule has 0 bridgehead atoms. The van der Waals surface area contributed by atoms with Crippen LogP contribution in [0.3, 0.4) is 0 Å². The minimum Gasteiger partial charge on any atom is -0.462 e. The van der Waals surface area contributed by atoms with Crippen LogP contribution in [0.2, 0.25) is 0 Å². The molecule has 1 aromatic heterocycles. The number of carbonyl (C=O) groups excluding carboxylic acids is 2. The first-order valence-corrected chi connectivity index (χ1v) is 6.85. The van der Waals surface area contributed by atoms with Crippen molar-refractivity contribution in [2.45, 2.75) is 20.0 Å². The minimum atomic E-state index is -0.893. The molecule has 5 nitrogen and oxygen atoms in total. The monoisotopic (exact) mass is 299 g/mol. The lowest BCUT2D eigenvalue weighted by Crippen LogP contribution is -2.29. The van der Waals surface area contributed by atoms with E-state index in [1.54, 1.807) is 36.4 Å². The van der Waals surface area contributed by atoms with Crippen LogP contribution in [0.4, 0.5) is 5.69 Å². The molecule has 2 aromatic rings. The molecule has 114 valence electrons. The minimum absolute atomic E-state index is 0.387. The third-order valence-corrected chi connectivity index (χ3v) is 2.85. The molecule has 0 aliphatic heterocycles. The fourth-order valence-electron chi connectivity index (χ4n) is 1.73. The van der Waals surface area contributed by atoms with E-state index in [9.17, 15) is 9.59 Å². The summed E-state index contributed by atoms with van der Waals surface area (Å²) in [6.45, 7) is 3.33. The van der Waals surface area contributed by atoms with Gasteiger partial charge in [0.15, 0.2) is 6.10 Å². The number of furan rings is 1. The summed E-state index contributed by atoms with van der Waals surface area (Å²) >= 11 is 0. The zero-order valence-electron chi connectivity index (χ0n) is 12.4. The molecular formula is C17H17NO4. The zero-order valence-corrected chi connectivity index (χ0v) is 12.4. The van der Waals surface area contributed by atoms with E-state index in [1.165, 1.54) is 19.1 Å². The Morgan fingerprint density at radius 2 is 1.91 bits per heavy atom. The van der Waals surface area contributed by atoms with E-state index in [-0.39, 0.29) is 5.91 Å². The van der Waals surface area contributed by atoms with Gasteiger partial charge < -0.3 is 14.5 Å². The van der Waals surface area contributed by atoms with E-state index in [0.717, 1.165) is 5.76 Å². The summed E-state index contributed by atoms with van der Waals surface area (Å²) in [5.74, 6) is 0.311. The Kier molecular flexibility index (Phi) is 5.14. The van der Waals surface area contributed by atoms with Gasteiger partial charge in [-0.1, -0.05) is 18.2 Å². The number of hydrogen-bond acceptors (Lipinski definition) is 4. The van der Waals surface area contributed by atoms with E-state index in [0.29, 0.717) is 11.4 Å². The fourth-order valence-corrected chi connectivity index (χ4v) is 1.73. The molecule has 1 amide bonds. The Morgan fingerprint density at radius 3 is 2.55 bits per heavy atom. The van der Waals surface area contributed by atoms with Crippen LogP contribution in [0.25, 0.3) is 6.08 Å². The van der Waals surface area contributed by atoms with Crippen molar-refractivity contribution < 1.29 is 18.7 Å². The van der Waals surface area contributed by atoms with E-state index in [1.807, 2.05) is 13.0 Å². The molecule has 0 spiro atoms. The number of carbonyl (C=O) groups is 2. The van der Waals surface area contributed by atoms with Gasteiger partial charge in [-0.3, -0.25) is 4.79 Å². The summed E-state index contributed by atoms with van der Waals surface area (Å²) < 4.78 is 10.3. The van der Waals surface area contributed by atoms with Gasteiger partial charge in [-0.25, -0.2) is 4.79 Å². The molecule has 2 rings (SSSR count). The van der Waals surface area contributed by atoms with Gasteiger partial charge in [0.25, 0.3) is 5.91 Å². The van der Waals surface area contributed by atoms with Crippen molar-refractivity contribution in [3.05, 3.63) is 60.1 Å². The fraction of sp³-hybridized carbons (Fsp3) is 0.176. The first kappa shape index (κ1) is 15.6. The van der Waals surface area contributed by atoms with Crippen LogP contribution >= 0.6 is 0 Å². The summed E-state index contributed by atoms with van der Waals surface area (Å²) in [5.41, 5.74) is 0.650. The Labute approximate surface area is 128 Å². The second-order valence-corrected chi connectivity index (χ2v) is 4.72. The van der Waals surface area contributed by atoms with Crippen LogP contribution in [0.1, 0.15) is 18.4 Å². The van der Waals surface area contributed by atoms with Crippen molar-refractivity contribution in [3.8, 4) is 0 Å². The number of rotatable bonds is 5. The average Bonchev–Trinajstić information content (AvgIpc) is 2.92. The van der Waals surface area contributed by atoms with Crippen LogP contribution in [0, 0.1) is 6.92 Å². The lowest BCUT2D eigenvalue weighted by atomic mass is 10.3. The number of anilines is 1. The number of aryl methyl sites for hydroxylation is 1. The van der Waals surface area contributed by atoms with E-state index < -0.39 is 12.1 Å². The topological polar surface area (TPSA) is 68.5 Å². The van der Waals surface area contributed by atoms with Gasteiger partial charge in [-0.2, -0.15) is 0 Å². The molecule has 1 unspecified atom stereocenters. The lowest BCUT2D eigenvalue weighted by Gasteiger charge is -2.12. The van der Waals surface area contributed by atoms with Crippen molar-refractivity contribution in [2.75, 3.05) is 5.32 Å². The zero-order chi connectivity index (χ0) is 15.9. The Bertz CT molecular complexity index is 673. The number of esters is 1. The molecule has 1 N–H and O–H groups in total. The normalized spacial score (nSPS) is 12.1. The molecular weight excluding hydrogens is 282 g/mol. The highest BCUT2D eigenvalue weighted by Gasteiger charge is 2.16. The van der Waals surface area contributed by atoms with E-state index in [2.05, 4.69) is 5.32 Å². The maximum atomic E-state index is 11.9.